The summed E-state index contributed by atoms with van der Waals surface area (Å²) < 4.78 is 47.7. The number of fused-ring (bicyclic) bond motifs is 3. The minimum absolute atomic E-state index is 0.153. The minimum Gasteiger partial charge on any atom is -0.372 e. The van der Waals surface area contributed by atoms with Crippen molar-refractivity contribution in [3.8, 4) is 5.69 Å². The van der Waals surface area contributed by atoms with Crippen LogP contribution in [-0.2, 0) is 27.0 Å². The van der Waals surface area contributed by atoms with Crippen LogP contribution in [0, 0.1) is 0 Å². The van der Waals surface area contributed by atoms with Crippen molar-refractivity contribution in [1.29, 1.82) is 0 Å². The molecule has 5 atom stereocenters. The van der Waals surface area contributed by atoms with E-state index in [-0.39, 0.29) is 37.2 Å². The number of carbonyl (C=O) groups excluding carboxylic acids is 3. The predicted octanol–water partition coefficient (Wildman–Crippen LogP) is 4.01. The number of amides is 3. The molecule has 270 valence electrons. The van der Waals surface area contributed by atoms with E-state index >= 15 is 0 Å². The van der Waals surface area contributed by atoms with E-state index in [1.165, 1.54) is 4.90 Å². The van der Waals surface area contributed by atoms with E-state index in [9.17, 15) is 27.6 Å². The number of nitrogens with one attached hydrogen (secondary N) is 2. The molecule has 3 unspecified atom stereocenters. The van der Waals surface area contributed by atoms with Crippen LogP contribution < -0.4 is 15.5 Å². The predicted molar refractivity (Wildman–Crippen MR) is 183 cm³/mol. The van der Waals surface area contributed by atoms with Crippen LogP contribution in [0.2, 0.25) is 0 Å². The molecule has 15 heteroatoms. The summed E-state index contributed by atoms with van der Waals surface area (Å²) >= 11 is 0. The molecule has 0 aliphatic carbocycles. The number of morpholine rings is 1. The molecule has 0 spiro atoms. The lowest BCUT2D eigenvalue weighted by atomic mass is 9.82. The first-order valence-electron chi connectivity index (χ1n) is 17.0. The quantitative estimate of drug-likeness (QED) is 0.236. The van der Waals surface area contributed by atoms with Gasteiger partial charge in [0.2, 0.25) is 11.7 Å². The van der Waals surface area contributed by atoms with Crippen molar-refractivity contribution < 1.29 is 32.3 Å². The van der Waals surface area contributed by atoms with Crippen LogP contribution in [0.5, 0.6) is 0 Å². The second-order valence-electron chi connectivity index (χ2n) is 13.1. The first-order valence-corrected chi connectivity index (χ1v) is 17.0. The van der Waals surface area contributed by atoms with Crippen LogP contribution in [0.4, 0.5) is 19.0 Å². The van der Waals surface area contributed by atoms with E-state index in [4.69, 9.17) is 4.74 Å². The number of aromatic nitrogens is 4. The summed E-state index contributed by atoms with van der Waals surface area (Å²) in [7, 11) is 0. The molecule has 12 nitrogen and oxygen atoms in total. The van der Waals surface area contributed by atoms with Crippen LogP contribution in [-0.4, -0.2) is 86.3 Å². The van der Waals surface area contributed by atoms with Gasteiger partial charge in [-0.3, -0.25) is 24.2 Å². The van der Waals surface area contributed by atoms with E-state index in [2.05, 4.69) is 37.2 Å². The number of ether oxygens (including phenoxy) is 1. The average molecular weight is 715 g/mol. The number of anilines is 1. The molecule has 52 heavy (non-hydrogen) atoms. The first-order chi connectivity index (χ1) is 24.9. The molecule has 3 saturated heterocycles. The lowest BCUT2D eigenvalue weighted by Crippen LogP contribution is -2.60. The Balaban J connectivity index is 1.19. The molecule has 6 heterocycles. The highest BCUT2D eigenvalue weighted by molar-refractivity contribution is 6.04. The van der Waals surface area contributed by atoms with E-state index < -0.39 is 41.5 Å². The number of carbonyl (C=O) groups is 3. The number of nitrogens with zero attached hydrogens (tertiary/aromatic N) is 6. The van der Waals surface area contributed by atoms with Gasteiger partial charge in [0.25, 0.3) is 11.8 Å². The average Bonchev–Trinajstić information content (AvgIpc) is 3.58. The van der Waals surface area contributed by atoms with Crippen molar-refractivity contribution in [3.05, 3.63) is 113 Å². The highest BCUT2D eigenvalue weighted by atomic mass is 19.4. The maximum atomic E-state index is 14.3. The molecule has 2 bridgehead atoms. The molecule has 4 aliphatic rings. The fourth-order valence-corrected chi connectivity index (χ4v) is 7.16. The highest BCUT2D eigenvalue weighted by Crippen LogP contribution is 2.42. The standard InChI is InChI=1S/C37H37F3N8O4/c1-4-47-35-28(18-43-48(35)25-11-6-5-7-12-25)30(31(36(47)51)45-34(50)32-41-14-13-29(44-32)37(38,39)40)24-10-8-9-23(15-24)17-42-33(49)21(2)22(3)46-19-26-16-27(20-46)52-26/h5-15,18,22,26-27,30-31H,2,4,16-17,19-20H2,1,3H3,(H,42,49)(H,45,50)/t22?,26?,27?,30-,31+/m1/s1. The number of alkyl halides is 3. The maximum Gasteiger partial charge on any atom is 0.433 e. The van der Waals surface area contributed by atoms with Gasteiger partial charge in [-0.25, -0.2) is 14.6 Å². The Hall–Kier alpha value is -5.41. The first kappa shape index (κ1) is 35.0. The van der Waals surface area contributed by atoms with Gasteiger partial charge in [0.05, 0.1) is 24.1 Å². The fourth-order valence-electron chi connectivity index (χ4n) is 7.16. The summed E-state index contributed by atoms with van der Waals surface area (Å²) in [5, 5.41) is 10.2. The molecule has 0 radical (unpaired) electrons. The molecule has 2 aromatic carbocycles. The van der Waals surface area contributed by atoms with Gasteiger partial charge in [0, 0.05) is 61.9 Å². The van der Waals surface area contributed by atoms with Crippen molar-refractivity contribution >= 4 is 23.5 Å². The van der Waals surface area contributed by atoms with E-state index in [1.807, 2.05) is 49.4 Å². The molecule has 3 fully saturated rings. The van der Waals surface area contributed by atoms with E-state index in [0.717, 1.165) is 25.7 Å². The second kappa shape index (κ2) is 14.0. The SMILES string of the molecule is C=C(C(=O)NCc1cccc([C@@H]2c3cnn(-c4ccccc4)c3N(CC)C(=O)[C@H]2NC(=O)c2nccc(C(F)(F)F)n2)c1)C(C)N1CC2CC(C1)O2. The summed E-state index contributed by atoms with van der Waals surface area (Å²) in [6.07, 6.45) is -0.896. The lowest BCUT2D eigenvalue weighted by Gasteiger charge is -2.49. The smallest absolute Gasteiger partial charge is 0.372 e. The Morgan fingerprint density at radius 2 is 1.81 bits per heavy atom. The van der Waals surface area contributed by atoms with Gasteiger partial charge < -0.3 is 15.4 Å². The van der Waals surface area contributed by atoms with Crippen LogP contribution in [0.15, 0.2) is 85.2 Å². The Morgan fingerprint density at radius 1 is 1.08 bits per heavy atom. The van der Waals surface area contributed by atoms with Crippen LogP contribution in [0.25, 0.3) is 5.69 Å². The number of hydrogen-bond acceptors (Lipinski definition) is 8. The Kier molecular flexibility index (Phi) is 9.40. The Bertz CT molecular complexity index is 2000. The number of piperidine rings is 1. The third kappa shape index (κ3) is 6.68. The third-order valence-electron chi connectivity index (χ3n) is 9.87. The van der Waals surface area contributed by atoms with Gasteiger partial charge >= 0.3 is 6.18 Å². The molecular weight excluding hydrogens is 677 g/mol. The maximum absolute atomic E-state index is 14.3. The Morgan fingerprint density at radius 3 is 2.50 bits per heavy atom. The van der Waals surface area contributed by atoms with Crippen molar-refractivity contribution in [2.45, 2.75) is 63.2 Å². The molecule has 3 amide bonds. The summed E-state index contributed by atoms with van der Waals surface area (Å²) in [5.74, 6) is -2.89. The summed E-state index contributed by atoms with van der Waals surface area (Å²) in [4.78, 5) is 51.9. The zero-order valence-electron chi connectivity index (χ0n) is 28.5. The molecule has 2 aromatic heterocycles. The van der Waals surface area contributed by atoms with Crippen LogP contribution >= 0.6 is 0 Å². The Labute approximate surface area is 297 Å². The van der Waals surface area contributed by atoms with Gasteiger partial charge in [-0.2, -0.15) is 18.3 Å². The van der Waals surface area contributed by atoms with Gasteiger partial charge in [0.15, 0.2) is 0 Å². The van der Waals surface area contributed by atoms with Crippen molar-refractivity contribution in [3.63, 3.8) is 0 Å². The molecule has 4 aromatic rings. The van der Waals surface area contributed by atoms with Crippen LogP contribution in [0.3, 0.4) is 0 Å². The van der Waals surface area contributed by atoms with Gasteiger partial charge in [-0.15, -0.1) is 0 Å². The van der Waals surface area contributed by atoms with Crippen molar-refractivity contribution in [2.24, 2.45) is 0 Å². The number of para-hydroxylation sites is 1. The molecule has 2 N–H and O–H groups in total. The fraction of sp³-hybridized carbons (Fsp3) is 0.351. The topological polar surface area (TPSA) is 135 Å². The van der Waals surface area contributed by atoms with E-state index in [1.54, 1.807) is 29.9 Å². The largest absolute Gasteiger partial charge is 0.433 e. The van der Waals surface area contributed by atoms with Gasteiger partial charge in [-0.05, 0) is 43.2 Å². The monoisotopic (exact) mass is 714 g/mol. The third-order valence-corrected chi connectivity index (χ3v) is 9.87. The zero-order chi connectivity index (χ0) is 36.7. The number of hydrogen-bond donors (Lipinski definition) is 2. The normalized spacial score (nSPS) is 21.9. The number of likely N-dealkylation sites (N-methyl/N-ethyl adjacent to an activating group) is 1. The molecular formula is C37H37F3N8O4. The summed E-state index contributed by atoms with van der Waals surface area (Å²) in [5.41, 5.74) is 1.79. The molecule has 0 saturated carbocycles. The minimum atomic E-state index is -4.80. The van der Waals surface area contributed by atoms with Gasteiger partial charge in [-0.1, -0.05) is 49.0 Å². The molecule has 8 rings (SSSR count). The lowest BCUT2D eigenvalue weighted by molar-refractivity contribution is -0.185. The van der Waals surface area contributed by atoms with Crippen molar-refractivity contribution in [1.82, 2.24) is 35.3 Å². The second-order valence-corrected chi connectivity index (χ2v) is 13.1. The van der Waals surface area contributed by atoms with E-state index in [0.29, 0.717) is 39.8 Å². The zero-order valence-corrected chi connectivity index (χ0v) is 28.5. The van der Waals surface area contributed by atoms with Gasteiger partial charge in [0.1, 0.15) is 17.6 Å². The number of benzene rings is 2. The van der Waals surface area contributed by atoms with Crippen LogP contribution in [0.1, 0.15) is 59.2 Å². The summed E-state index contributed by atoms with van der Waals surface area (Å²) in [6.45, 7) is 9.67. The van der Waals surface area contributed by atoms with Crippen molar-refractivity contribution in [2.75, 3.05) is 24.5 Å². The highest BCUT2D eigenvalue weighted by Gasteiger charge is 2.45. The number of halogens is 3. The summed E-state index contributed by atoms with van der Waals surface area (Å²) in [6, 6.07) is 15.7. The number of rotatable bonds is 10. The molecule has 4 aliphatic heterocycles.